The molecule has 4 heterocycles. The number of carbonyl (C=O) groups excluding carboxylic acids is 1. The number of anilines is 1. The van der Waals surface area contributed by atoms with Crippen molar-refractivity contribution in [3.63, 3.8) is 0 Å². The van der Waals surface area contributed by atoms with E-state index in [-0.39, 0.29) is 11.9 Å². The van der Waals surface area contributed by atoms with E-state index in [2.05, 4.69) is 30.2 Å². The zero-order chi connectivity index (χ0) is 22.8. The number of piperidine rings is 1. The number of aromatic nitrogens is 4. The summed E-state index contributed by atoms with van der Waals surface area (Å²) in [5.74, 6) is -0.226. The van der Waals surface area contributed by atoms with Gasteiger partial charge in [-0.1, -0.05) is 12.1 Å². The van der Waals surface area contributed by atoms with Crippen LogP contribution in [0.1, 0.15) is 34.6 Å². The van der Waals surface area contributed by atoms with Crippen LogP contribution < -0.4 is 11.1 Å². The summed E-state index contributed by atoms with van der Waals surface area (Å²) in [7, 11) is 0. The molecule has 0 saturated carbocycles. The van der Waals surface area contributed by atoms with Gasteiger partial charge >= 0.3 is 0 Å². The van der Waals surface area contributed by atoms with Gasteiger partial charge in [-0.3, -0.25) is 14.7 Å². The third kappa shape index (κ3) is 4.76. The number of rotatable bonds is 5. The van der Waals surface area contributed by atoms with E-state index < -0.39 is 0 Å². The van der Waals surface area contributed by atoms with Gasteiger partial charge in [-0.25, -0.2) is 9.97 Å². The van der Waals surface area contributed by atoms with Crippen molar-refractivity contribution in [2.45, 2.75) is 32.4 Å². The largest absolute Gasteiger partial charge is 0.339 e. The Morgan fingerprint density at radius 2 is 2.03 bits per heavy atom. The van der Waals surface area contributed by atoms with Crippen molar-refractivity contribution in [1.82, 2.24) is 24.8 Å². The molecule has 4 N–H and O–H groups in total. The van der Waals surface area contributed by atoms with Crippen LogP contribution in [0.2, 0.25) is 0 Å². The zero-order valence-corrected chi connectivity index (χ0v) is 18.6. The summed E-state index contributed by atoms with van der Waals surface area (Å²) in [5, 5.41) is 3.95. The van der Waals surface area contributed by atoms with E-state index in [0.29, 0.717) is 11.4 Å². The normalized spacial score (nSPS) is 16.7. The summed E-state index contributed by atoms with van der Waals surface area (Å²) >= 11 is 0. The highest BCUT2D eigenvalue weighted by atomic mass is 16.1. The van der Waals surface area contributed by atoms with E-state index in [9.17, 15) is 4.79 Å². The van der Waals surface area contributed by atoms with Gasteiger partial charge in [0, 0.05) is 42.1 Å². The van der Waals surface area contributed by atoms with Gasteiger partial charge in [-0.15, -0.1) is 0 Å². The second-order valence-electron chi connectivity index (χ2n) is 8.62. The lowest BCUT2D eigenvalue weighted by atomic mass is 10.1. The summed E-state index contributed by atoms with van der Waals surface area (Å²) < 4.78 is 0. The zero-order valence-electron chi connectivity index (χ0n) is 18.6. The number of nitrogens with two attached hydrogens (primary N) is 1. The number of aromatic amines is 1. The molecule has 1 unspecified atom stereocenters. The predicted octanol–water partition coefficient (Wildman–Crippen LogP) is 3.50. The number of nitrogens with zero attached hydrogens (tertiary/aromatic N) is 4. The predicted molar refractivity (Wildman–Crippen MR) is 129 cm³/mol. The molecule has 1 aliphatic rings. The summed E-state index contributed by atoms with van der Waals surface area (Å²) in [5.41, 5.74) is 12.0. The average molecular weight is 442 g/mol. The Morgan fingerprint density at radius 1 is 1.18 bits per heavy atom. The van der Waals surface area contributed by atoms with Crippen LogP contribution in [-0.2, 0) is 6.54 Å². The molecule has 1 aliphatic heterocycles. The van der Waals surface area contributed by atoms with E-state index in [4.69, 9.17) is 5.73 Å². The van der Waals surface area contributed by atoms with Crippen molar-refractivity contribution in [2.24, 2.45) is 5.73 Å². The minimum Gasteiger partial charge on any atom is -0.339 e. The SMILES string of the molecule is Cc1ncnc2[nH]c(-c3ccc(NC(=O)c4cc(CN5CCCC(N)C5)ccn4)cc3)cc12. The Hall–Kier alpha value is -3.62. The van der Waals surface area contributed by atoms with Crippen LogP contribution >= 0.6 is 0 Å². The van der Waals surface area contributed by atoms with Crippen LogP contribution in [-0.4, -0.2) is 49.9 Å². The monoisotopic (exact) mass is 441 g/mol. The molecule has 3 aromatic heterocycles. The van der Waals surface area contributed by atoms with Crippen LogP contribution in [0.5, 0.6) is 0 Å². The number of aryl methyl sites for hydroxylation is 1. The van der Waals surface area contributed by atoms with Gasteiger partial charge in [0.2, 0.25) is 0 Å². The smallest absolute Gasteiger partial charge is 0.274 e. The quantitative estimate of drug-likeness (QED) is 0.437. The average Bonchev–Trinajstić information content (AvgIpc) is 3.26. The molecule has 1 atom stereocenters. The Bertz CT molecular complexity index is 1280. The van der Waals surface area contributed by atoms with Crippen molar-refractivity contribution in [1.29, 1.82) is 0 Å². The van der Waals surface area contributed by atoms with Gasteiger partial charge in [0.25, 0.3) is 5.91 Å². The van der Waals surface area contributed by atoms with Crippen LogP contribution in [0.25, 0.3) is 22.3 Å². The number of H-pyrrole nitrogens is 1. The van der Waals surface area contributed by atoms with Gasteiger partial charge in [0.15, 0.2) is 0 Å². The molecule has 168 valence electrons. The summed E-state index contributed by atoms with van der Waals surface area (Å²) in [6, 6.07) is 13.8. The van der Waals surface area contributed by atoms with Crippen LogP contribution in [0, 0.1) is 6.92 Å². The first kappa shape index (κ1) is 21.2. The maximum absolute atomic E-state index is 12.8. The van der Waals surface area contributed by atoms with E-state index in [1.54, 1.807) is 12.5 Å². The van der Waals surface area contributed by atoms with Crippen LogP contribution in [0.4, 0.5) is 5.69 Å². The van der Waals surface area contributed by atoms with E-state index in [1.807, 2.05) is 49.4 Å². The summed E-state index contributed by atoms with van der Waals surface area (Å²) in [6.45, 7) is 4.66. The number of fused-ring (bicyclic) bond motifs is 1. The maximum Gasteiger partial charge on any atom is 0.274 e. The first-order valence-electron chi connectivity index (χ1n) is 11.2. The first-order chi connectivity index (χ1) is 16.0. The van der Waals surface area contributed by atoms with Gasteiger partial charge in [0.05, 0.1) is 5.69 Å². The Morgan fingerprint density at radius 3 is 2.82 bits per heavy atom. The number of hydrogen-bond donors (Lipinski definition) is 3. The molecule has 8 nitrogen and oxygen atoms in total. The highest BCUT2D eigenvalue weighted by molar-refractivity contribution is 6.03. The molecule has 8 heteroatoms. The fraction of sp³-hybridized carbons (Fsp3) is 0.280. The molecule has 0 radical (unpaired) electrons. The number of benzene rings is 1. The third-order valence-corrected chi connectivity index (χ3v) is 6.08. The molecule has 33 heavy (non-hydrogen) atoms. The Balaban J connectivity index is 1.26. The number of hydrogen-bond acceptors (Lipinski definition) is 6. The van der Waals surface area contributed by atoms with Crippen LogP contribution in [0.15, 0.2) is 55.0 Å². The Labute approximate surface area is 192 Å². The molecule has 1 fully saturated rings. The Kier molecular flexibility index (Phi) is 5.85. The molecular weight excluding hydrogens is 414 g/mol. The van der Waals surface area contributed by atoms with Crippen molar-refractivity contribution in [2.75, 3.05) is 18.4 Å². The van der Waals surface area contributed by atoms with Crippen molar-refractivity contribution < 1.29 is 4.79 Å². The minimum absolute atomic E-state index is 0.226. The number of nitrogens with one attached hydrogen (secondary N) is 2. The highest BCUT2D eigenvalue weighted by Crippen LogP contribution is 2.25. The second kappa shape index (κ2) is 9.09. The standard InChI is InChI=1S/C25H27N7O/c1-16-21-12-22(31-24(21)29-15-28-16)18-4-6-20(7-5-18)30-25(33)23-11-17(8-9-27-23)13-32-10-2-3-19(26)14-32/h4-9,11-12,15,19H,2-3,10,13-14,26H2,1H3,(H,30,33)(H,28,29,31). The van der Waals surface area contributed by atoms with Crippen molar-refractivity contribution in [3.05, 3.63) is 71.9 Å². The molecule has 4 aromatic rings. The topological polar surface area (TPSA) is 113 Å². The lowest BCUT2D eigenvalue weighted by Crippen LogP contribution is -2.42. The third-order valence-electron chi connectivity index (χ3n) is 6.08. The summed E-state index contributed by atoms with van der Waals surface area (Å²) in [4.78, 5) is 31.2. The molecule has 0 bridgehead atoms. The summed E-state index contributed by atoms with van der Waals surface area (Å²) in [6.07, 6.45) is 5.44. The molecule has 1 saturated heterocycles. The number of likely N-dealkylation sites (tertiary alicyclic amines) is 1. The molecule has 5 rings (SSSR count). The fourth-order valence-corrected chi connectivity index (χ4v) is 4.34. The molecule has 1 aromatic carbocycles. The van der Waals surface area contributed by atoms with Gasteiger partial charge < -0.3 is 16.0 Å². The lowest BCUT2D eigenvalue weighted by molar-refractivity contribution is 0.102. The van der Waals surface area contributed by atoms with Gasteiger partial charge in [-0.2, -0.15) is 0 Å². The first-order valence-corrected chi connectivity index (χ1v) is 11.2. The molecule has 0 spiro atoms. The molecular formula is C25H27N7O. The molecule has 1 amide bonds. The lowest BCUT2D eigenvalue weighted by Gasteiger charge is -2.30. The number of carbonyl (C=O) groups is 1. The second-order valence-corrected chi connectivity index (χ2v) is 8.62. The van der Waals surface area contributed by atoms with Gasteiger partial charge in [-0.05, 0) is 67.8 Å². The van der Waals surface area contributed by atoms with Gasteiger partial charge in [0.1, 0.15) is 17.7 Å². The van der Waals surface area contributed by atoms with E-state index in [1.165, 1.54) is 0 Å². The number of amides is 1. The maximum atomic E-state index is 12.8. The fourth-order valence-electron chi connectivity index (χ4n) is 4.34. The number of pyridine rings is 1. The van der Waals surface area contributed by atoms with Crippen molar-refractivity contribution in [3.8, 4) is 11.3 Å². The highest BCUT2D eigenvalue weighted by Gasteiger charge is 2.17. The van der Waals surface area contributed by atoms with Crippen LogP contribution in [0.3, 0.4) is 0 Å². The minimum atomic E-state index is -0.226. The van der Waals surface area contributed by atoms with E-state index >= 15 is 0 Å². The molecule has 0 aliphatic carbocycles. The van der Waals surface area contributed by atoms with E-state index in [0.717, 1.165) is 66.0 Å². The van der Waals surface area contributed by atoms with Crippen molar-refractivity contribution >= 4 is 22.6 Å².